The lowest BCUT2D eigenvalue weighted by molar-refractivity contribution is 0.627. The number of aromatic nitrogens is 4. The van der Waals surface area contributed by atoms with Gasteiger partial charge in [0.2, 0.25) is 0 Å². The molecule has 4 rings (SSSR count). The fourth-order valence-electron chi connectivity index (χ4n) is 4.53. The molecule has 3 N–H and O–H groups in total. The summed E-state index contributed by atoms with van der Waals surface area (Å²) in [6.45, 7) is 16.0. The average molecular weight is 552 g/mol. The molecule has 0 unspecified atom stereocenters. The summed E-state index contributed by atoms with van der Waals surface area (Å²) < 4.78 is 14.0. The molecule has 0 aliphatic heterocycles. The van der Waals surface area contributed by atoms with Crippen LogP contribution in [-0.2, 0) is 0 Å². The van der Waals surface area contributed by atoms with Crippen LogP contribution in [0.5, 0.6) is 0 Å². The molecule has 0 aliphatic rings. The van der Waals surface area contributed by atoms with Gasteiger partial charge in [0.05, 0.1) is 21.9 Å². The number of hydrogen-bond acceptors (Lipinski definition) is 3. The van der Waals surface area contributed by atoms with Crippen molar-refractivity contribution in [2.24, 2.45) is 5.92 Å². The van der Waals surface area contributed by atoms with Crippen LogP contribution in [0, 0.1) is 18.7 Å². The van der Waals surface area contributed by atoms with Crippen molar-refractivity contribution < 1.29 is 4.39 Å². The second-order valence-electron chi connectivity index (χ2n) is 9.91. The van der Waals surface area contributed by atoms with Crippen LogP contribution < -0.4 is 5.32 Å². The summed E-state index contributed by atoms with van der Waals surface area (Å²) >= 11 is 5.51. The molecule has 0 aliphatic carbocycles. The van der Waals surface area contributed by atoms with E-state index in [0.29, 0.717) is 11.6 Å². The zero-order valence-corrected chi connectivity index (χ0v) is 24.1. The topological polar surface area (TPSA) is 69.4 Å². The lowest BCUT2D eigenvalue weighted by atomic mass is 9.97. The molecule has 3 heterocycles. The van der Waals surface area contributed by atoms with Gasteiger partial charge in [-0.25, -0.2) is 9.37 Å². The summed E-state index contributed by atoms with van der Waals surface area (Å²) in [5.74, 6) is 0.173. The molecule has 0 saturated carbocycles. The van der Waals surface area contributed by atoms with Crippen molar-refractivity contribution in [2.45, 2.75) is 34.1 Å². The highest BCUT2D eigenvalue weighted by Gasteiger charge is 2.18. The minimum Gasteiger partial charge on any atom is -0.357 e. The van der Waals surface area contributed by atoms with Gasteiger partial charge in [-0.15, -0.1) is 0 Å². The molecular formula is C33H34FN5S. The van der Waals surface area contributed by atoms with Crippen LogP contribution in [0.3, 0.4) is 0 Å². The number of fused-ring (bicyclic) bond motifs is 1. The molecular weight excluding hydrogens is 517 g/mol. The Bertz CT molecular complexity index is 1670. The number of pyridine rings is 1. The number of nitrogens with zero attached hydrogens (tertiary/aromatic N) is 2. The molecule has 0 fully saturated rings. The number of hydrogen-bond donors (Lipinski definition) is 3. The van der Waals surface area contributed by atoms with Gasteiger partial charge in [-0.1, -0.05) is 69.6 Å². The number of thiocarbonyl (C=S) groups is 1. The van der Waals surface area contributed by atoms with Gasteiger partial charge >= 0.3 is 0 Å². The van der Waals surface area contributed by atoms with Gasteiger partial charge in [0.15, 0.2) is 0 Å². The Kier molecular flexibility index (Phi) is 9.07. The molecule has 1 aromatic carbocycles. The number of nitrogens with one attached hydrogen (secondary N) is 3. The van der Waals surface area contributed by atoms with E-state index >= 15 is 0 Å². The molecule has 40 heavy (non-hydrogen) atoms. The predicted molar refractivity (Wildman–Crippen MR) is 169 cm³/mol. The van der Waals surface area contributed by atoms with Gasteiger partial charge < -0.3 is 10.3 Å². The zero-order chi connectivity index (χ0) is 28.8. The van der Waals surface area contributed by atoms with E-state index in [4.69, 9.17) is 17.2 Å². The Labute approximate surface area is 240 Å². The highest BCUT2D eigenvalue weighted by atomic mass is 32.1. The van der Waals surface area contributed by atoms with E-state index in [-0.39, 0.29) is 5.82 Å². The summed E-state index contributed by atoms with van der Waals surface area (Å²) in [4.78, 5) is 9.21. The first-order valence-electron chi connectivity index (χ1n) is 13.2. The monoisotopic (exact) mass is 551 g/mol. The maximum absolute atomic E-state index is 14.0. The summed E-state index contributed by atoms with van der Waals surface area (Å²) in [5.41, 5.74) is 9.09. The Hall–Kier alpha value is -4.36. The normalized spacial score (nSPS) is 12.7. The highest BCUT2D eigenvalue weighted by Crippen LogP contribution is 2.33. The van der Waals surface area contributed by atoms with E-state index in [2.05, 4.69) is 47.5 Å². The molecule has 0 bridgehead atoms. The van der Waals surface area contributed by atoms with E-state index in [1.807, 2.05) is 56.3 Å². The second kappa shape index (κ2) is 12.7. The van der Waals surface area contributed by atoms with Gasteiger partial charge in [-0.2, -0.15) is 5.10 Å². The van der Waals surface area contributed by atoms with Crippen molar-refractivity contribution in [1.82, 2.24) is 25.5 Å². The summed E-state index contributed by atoms with van der Waals surface area (Å²) in [7, 11) is 0. The number of H-pyrrole nitrogens is 2. The van der Waals surface area contributed by atoms with Crippen LogP contribution in [-0.4, -0.2) is 25.2 Å². The number of benzene rings is 1. The van der Waals surface area contributed by atoms with Gasteiger partial charge in [0.25, 0.3) is 0 Å². The number of aryl methyl sites for hydroxylation is 1. The smallest absolute Gasteiger partial charge is 0.135 e. The lowest BCUT2D eigenvalue weighted by Gasteiger charge is -2.11. The largest absolute Gasteiger partial charge is 0.357 e. The molecule has 3 aromatic heterocycles. The van der Waals surface area contributed by atoms with Crippen LogP contribution in [0.4, 0.5) is 4.39 Å². The molecule has 0 saturated heterocycles. The number of allylic oxidation sites excluding steroid dienone is 6. The molecule has 0 atom stereocenters. The van der Waals surface area contributed by atoms with Crippen LogP contribution >= 0.6 is 12.2 Å². The Morgan fingerprint density at radius 3 is 2.65 bits per heavy atom. The quantitative estimate of drug-likeness (QED) is 0.137. The molecule has 0 spiro atoms. The van der Waals surface area contributed by atoms with Crippen LogP contribution in [0.25, 0.3) is 33.6 Å². The molecule has 204 valence electrons. The minimum atomic E-state index is -0.290. The van der Waals surface area contributed by atoms with Crippen LogP contribution in [0.1, 0.15) is 49.7 Å². The standard InChI is InChI=1S/C33H34FN5S/c1-7-11-26(23-12-10-13-24(34)17-23)27-19-30(35-21(27)6)33-32-29(38-39-33)15-14-28(37-32)22(8-2)18-25(9-3)36-31(40)16-20(4)5/h7-15,17-20,35H,1,3,16H2,2,4-6H3,(H,36,40)(H,38,39)/b22-8+,25-18+,26-11-. The summed E-state index contributed by atoms with van der Waals surface area (Å²) in [6, 6.07) is 12.5. The van der Waals surface area contributed by atoms with Crippen molar-refractivity contribution in [1.29, 1.82) is 0 Å². The van der Waals surface area contributed by atoms with E-state index in [9.17, 15) is 4.39 Å². The summed E-state index contributed by atoms with van der Waals surface area (Å²) in [5, 5.41) is 11.0. The molecule has 0 amide bonds. The fraction of sp³-hybridized carbons (Fsp3) is 0.182. The fourth-order valence-corrected chi connectivity index (χ4v) is 4.98. The van der Waals surface area contributed by atoms with Crippen molar-refractivity contribution in [3.05, 3.63) is 120 Å². The van der Waals surface area contributed by atoms with E-state index < -0.39 is 0 Å². The SMILES string of the molecule is C=C/C=C(/c1cccc(F)c1)c1cc(-c2n[nH]c3ccc(C(/C=C(\C=C)NC(=S)CC(C)C)=C/C)nc23)[nH]c1C. The first kappa shape index (κ1) is 28.6. The minimum absolute atomic E-state index is 0.290. The van der Waals surface area contributed by atoms with Crippen molar-refractivity contribution >= 4 is 39.4 Å². The third kappa shape index (κ3) is 6.43. The second-order valence-corrected chi connectivity index (χ2v) is 10.4. The first-order chi connectivity index (χ1) is 19.2. The van der Waals surface area contributed by atoms with Gasteiger partial charge in [-0.05, 0) is 79.0 Å². The van der Waals surface area contributed by atoms with Crippen molar-refractivity contribution in [3.8, 4) is 11.4 Å². The highest BCUT2D eigenvalue weighted by molar-refractivity contribution is 7.80. The van der Waals surface area contributed by atoms with Crippen molar-refractivity contribution in [2.75, 3.05) is 0 Å². The first-order valence-corrected chi connectivity index (χ1v) is 13.6. The molecule has 5 nitrogen and oxygen atoms in total. The van der Waals surface area contributed by atoms with Gasteiger partial charge in [0.1, 0.15) is 17.0 Å². The third-order valence-electron chi connectivity index (χ3n) is 6.40. The molecule has 0 radical (unpaired) electrons. The summed E-state index contributed by atoms with van der Waals surface area (Å²) in [6.07, 6.45) is 10.2. The maximum Gasteiger partial charge on any atom is 0.135 e. The molecule has 7 heteroatoms. The Balaban J connectivity index is 1.72. The molecule has 4 aromatic rings. The van der Waals surface area contributed by atoms with Gasteiger partial charge in [-0.3, -0.25) is 5.10 Å². The van der Waals surface area contributed by atoms with Crippen molar-refractivity contribution in [3.63, 3.8) is 0 Å². The number of aromatic amines is 2. The van der Waals surface area contributed by atoms with E-state index in [1.165, 1.54) is 12.1 Å². The average Bonchev–Trinajstić information content (AvgIpc) is 3.51. The number of rotatable bonds is 10. The third-order valence-corrected chi connectivity index (χ3v) is 6.67. The maximum atomic E-state index is 14.0. The number of halogens is 1. The zero-order valence-electron chi connectivity index (χ0n) is 23.3. The van der Waals surface area contributed by atoms with Crippen LogP contribution in [0.2, 0.25) is 0 Å². The van der Waals surface area contributed by atoms with Gasteiger partial charge in [0, 0.05) is 23.4 Å². The predicted octanol–water partition coefficient (Wildman–Crippen LogP) is 8.45. The Morgan fingerprint density at radius 2 is 1.98 bits per heavy atom. The van der Waals surface area contributed by atoms with E-state index in [0.717, 1.165) is 67.5 Å². The van der Waals surface area contributed by atoms with E-state index in [1.54, 1.807) is 18.2 Å². The lowest BCUT2D eigenvalue weighted by Crippen LogP contribution is -2.21. The van der Waals surface area contributed by atoms with Crippen LogP contribution in [0.15, 0.2) is 91.7 Å². The Morgan fingerprint density at radius 1 is 1.18 bits per heavy atom.